The summed E-state index contributed by atoms with van der Waals surface area (Å²) in [5, 5.41) is 22.3. The number of hydrogen-bond donors (Lipinski definition) is 2. The molecule has 0 bridgehead atoms. The van der Waals surface area contributed by atoms with Crippen LogP contribution in [0, 0.1) is 0 Å². The van der Waals surface area contributed by atoms with Crippen molar-refractivity contribution in [2.24, 2.45) is 0 Å². The summed E-state index contributed by atoms with van der Waals surface area (Å²) in [6.07, 6.45) is 4.31. The Balaban J connectivity index is 0.00000101. The summed E-state index contributed by atoms with van der Waals surface area (Å²) in [6.45, 7) is 12.6. The van der Waals surface area contributed by atoms with Gasteiger partial charge in [-0.2, -0.15) is 0 Å². The fraction of sp³-hybridized carbons (Fsp3) is 0.200. The first-order valence-corrected chi connectivity index (χ1v) is 17.2. The molecule has 1 heterocycles. The molecule has 4 heteroatoms. The largest absolute Gasteiger partial charge is 0.508 e. The lowest BCUT2D eigenvalue weighted by Crippen LogP contribution is -2.35. The Hall–Kier alpha value is -5.48. The van der Waals surface area contributed by atoms with Crippen molar-refractivity contribution in [1.29, 1.82) is 0 Å². The Morgan fingerprint density at radius 1 is 0.633 bits per heavy atom. The molecule has 0 fully saturated rings. The van der Waals surface area contributed by atoms with Crippen molar-refractivity contribution in [3.8, 4) is 45.3 Å². The third-order valence-electron chi connectivity index (χ3n) is 9.54. The zero-order chi connectivity index (χ0) is 34.9. The Morgan fingerprint density at radius 3 is 1.84 bits per heavy atom. The molecule has 248 valence electrons. The fourth-order valence-corrected chi connectivity index (χ4v) is 7.30. The van der Waals surface area contributed by atoms with Gasteiger partial charge < -0.3 is 19.7 Å². The summed E-state index contributed by atoms with van der Waals surface area (Å²) in [7, 11) is 1.70. The lowest BCUT2D eigenvalue weighted by Gasteiger charge is -2.38. The van der Waals surface area contributed by atoms with Crippen LogP contribution in [0.25, 0.3) is 39.1 Å². The first-order chi connectivity index (χ1) is 23.8. The maximum atomic E-state index is 10.1. The van der Waals surface area contributed by atoms with Crippen molar-refractivity contribution in [3.05, 3.63) is 149 Å². The molecule has 6 aromatic carbocycles. The van der Waals surface area contributed by atoms with Gasteiger partial charge in [0.2, 0.25) is 0 Å². The Labute approximate surface area is 289 Å². The molecule has 1 aliphatic carbocycles. The van der Waals surface area contributed by atoms with Gasteiger partial charge in [-0.3, -0.25) is 0 Å². The number of methoxy groups -OCH3 is 1. The van der Waals surface area contributed by atoms with Gasteiger partial charge in [-0.05, 0) is 93.4 Å². The number of hydrogen-bond acceptors (Lipinski definition) is 4. The van der Waals surface area contributed by atoms with E-state index < -0.39 is 5.60 Å². The quantitative estimate of drug-likeness (QED) is 0.200. The van der Waals surface area contributed by atoms with Crippen molar-refractivity contribution >= 4 is 16.8 Å². The molecule has 0 saturated heterocycles. The van der Waals surface area contributed by atoms with Crippen LogP contribution in [0.1, 0.15) is 69.4 Å². The maximum absolute atomic E-state index is 10.1. The first kappa shape index (κ1) is 33.4. The van der Waals surface area contributed by atoms with E-state index in [0.29, 0.717) is 0 Å². The number of benzene rings is 6. The second-order valence-corrected chi connectivity index (χ2v) is 12.4. The van der Waals surface area contributed by atoms with E-state index in [9.17, 15) is 10.2 Å². The van der Waals surface area contributed by atoms with Crippen LogP contribution in [0.15, 0.2) is 121 Å². The van der Waals surface area contributed by atoms with Crippen molar-refractivity contribution < 1.29 is 19.7 Å². The molecular formula is C45H44O4. The maximum Gasteiger partial charge on any atom is 0.178 e. The lowest BCUT2D eigenvalue weighted by molar-refractivity contribution is 0.163. The Bertz CT molecular complexity index is 2100. The minimum Gasteiger partial charge on any atom is -0.508 e. The van der Waals surface area contributed by atoms with E-state index in [-0.39, 0.29) is 16.9 Å². The number of rotatable bonds is 4. The van der Waals surface area contributed by atoms with Crippen molar-refractivity contribution in [2.45, 2.75) is 52.6 Å². The van der Waals surface area contributed by atoms with E-state index in [0.717, 1.165) is 39.0 Å². The van der Waals surface area contributed by atoms with Crippen LogP contribution in [0.2, 0.25) is 0 Å². The Kier molecular flexibility index (Phi) is 9.00. The normalized spacial score (nSPS) is 14.2. The highest BCUT2D eigenvalue weighted by atomic mass is 16.5. The molecule has 2 aliphatic rings. The van der Waals surface area contributed by atoms with Crippen molar-refractivity contribution in [2.75, 3.05) is 7.11 Å². The predicted octanol–water partition coefficient (Wildman–Crippen LogP) is 11.6. The van der Waals surface area contributed by atoms with Crippen molar-refractivity contribution in [3.63, 3.8) is 0 Å². The average Bonchev–Trinajstić information content (AvgIpc) is 3.40. The Morgan fingerprint density at radius 2 is 1.24 bits per heavy atom. The minimum absolute atomic E-state index is 0.185. The highest BCUT2D eigenvalue weighted by molar-refractivity contribution is 6.09. The van der Waals surface area contributed by atoms with E-state index in [1.807, 2.05) is 64.1 Å². The third-order valence-corrected chi connectivity index (χ3v) is 9.54. The smallest absolute Gasteiger partial charge is 0.178 e. The van der Waals surface area contributed by atoms with Crippen LogP contribution in [-0.2, 0) is 11.0 Å². The zero-order valence-electron chi connectivity index (χ0n) is 29.3. The van der Waals surface area contributed by atoms with Crippen LogP contribution < -0.4 is 9.47 Å². The number of phenols is 2. The molecule has 1 aliphatic heterocycles. The SMILES string of the molecule is CC.CC.COc1ccc2c3c(c4c(c2c1)-c1ccc(-c2ccccc2)cc1C4(C)C)C=CC(c1ccc(O)cc1)(c1ccc(O)cc1)O3. The predicted molar refractivity (Wildman–Crippen MR) is 203 cm³/mol. The van der Waals surface area contributed by atoms with Crippen LogP contribution in [-0.4, -0.2) is 17.3 Å². The van der Waals surface area contributed by atoms with E-state index in [1.165, 1.54) is 33.4 Å². The number of aromatic hydroxyl groups is 2. The van der Waals surface area contributed by atoms with Gasteiger partial charge in [0.15, 0.2) is 5.60 Å². The number of phenolic OH excluding ortho intramolecular Hbond substituents is 2. The third kappa shape index (κ3) is 5.42. The molecular weight excluding hydrogens is 604 g/mol. The molecule has 0 aromatic heterocycles. The van der Waals surface area contributed by atoms with E-state index >= 15 is 0 Å². The minimum atomic E-state index is -0.994. The van der Waals surface area contributed by atoms with Gasteiger partial charge in [-0.15, -0.1) is 0 Å². The molecule has 0 spiro atoms. The van der Waals surface area contributed by atoms with E-state index in [1.54, 1.807) is 31.4 Å². The number of ether oxygens (including phenoxy) is 2. The second-order valence-electron chi connectivity index (χ2n) is 12.4. The van der Waals surface area contributed by atoms with Crippen LogP contribution in [0.5, 0.6) is 23.0 Å². The molecule has 6 aromatic rings. The molecule has 0 saturated carbocycles. The summed E-state index contributed by atoms with van der Waals surface area (Å²) in [6, 6.07) is 37.8. The average molecular weight is 649 g/mol. The summed E-state index contributed by atoms with van der Waals surface area (Å²) < 4.78 is 13.0. The molecule has 4 nitrogen and oxygen atoms in total. The molecule has 0 radical (unpaired) electrons. The topological polar surface area (TPSA) is 58.9 Å². The molecule has 8 rings (SSSR count). The van der Waals surface area contributed by atoms with Crippen LogP contribution in [0.4, 0.5) is 0 Å². The van der Waals surface area contributed by atoms with Gasteiger partial charge in [0.25, 0.3) is 0 Å². The van der Waals surface area contributed by atoms with Crippen molar-refractivity contribution in [1.82, 2.24) is 0 Å². The summed E-state index contributed by atoms with van der Waals surface area (Å²) in [5.74, 6) is 1.94. The molecule has 0 amide bonds. The number of fused-ring (bicyclic) bond motifs is 8. The first-order valence-electron chi connectivity index (χ1n) is 17.2. The van der Waals surface area contributed by atoms with E-state index in [2.05, 4.69) is 80.6 Å². The highest BCUT2D eigenvalue weighted by Gasteiger charge is 2.44. The summed E-state index contributed by atoms with van der Waals surface area (Å²) in [5.41, 5.74) is 8.78. The molecule has 0 unspecified atom stereocenters. The molecule has 49 heavy (non-hydrogen) atoms. The fourth-order valence-electron chi connectivity index (χ4n) is 7.30. The van der Waals surface area contributed by atoms with Gasteiger partial charge in [0, 0.05) is 27.5 Å². The summed E-state index contributed by atoms with van der Waals surface area (Å²) in [4.78, 5) is 0. The second kappa shape index (κ2) is 13.2. The lowest BCUT2D eigenvalue weighted by atomic mass is 9.76. The summed E-state index contributed by atoms with van der Waals surface area (Å²) >= 11 is 0. The van der Waals surface area contributed by atoms with Gasteiger partial charge in [0.1, 0.15) is 23.0 Å². The van der Waals surface area contributed by atoms with Gasteiger partial charge in [0.05, 0.1) is 7.11 Å². The van der Waals surface area contributed by atoms with Gasteiger partial charge >= 0.3 is 0 Å². The van der Waals surface area contributed by atoms with E-state index in [4.69, 9.17) is 9.47 Å². The zero-order valence-corrected chi connectivity index (χ0v) is 29.3. The van der Waals surface area contributed by atoms with Crippen LogP contribution in [0.3, 0.4) is 0 Å². The molecule has 0 atom stereocenters. The van der Waals surface area contributed by atoms with Gasteiger partial charge in [-0.1, -0.05) is 114 Å². The standard InChI is InChI=1S/C41H32O4.2C2H6/c1-40(2)36-23-26(25-7-5-4-6-8-25)9-19-33(36)37-35-24-31(44-3)18-20-32(35)39-34(38(37)40)21-22-41(45-39,27-10-14-29(42)15-11-27)28-12-16-30(43)17-13-28;2*1-2/h4-24,42-43H,1-3H3;2*1-2H3. The monoisotopic (exact) mass is 648 g/mol. The highest BCUT2D eigenvalue weighted by Crippen LogP contribution is 2.59. The molecule has 2 N–H and O–H groups in total. The van der Waals surface area contributed by atoms with Gasteiger partial charge in [-0.25, -0.2) is 0 Å². The van der Waals surface area contributed by atoms with Crippen LogP contribution >= 0.6 is 0 Å².